The number of aliphatic hydroxyl groups excluding tert-OH is 1. The first kappa shape index (κ1) is 10.8. The van der Waals surface area contributed by atoms with Crippen LogP contribution in [-0.4, -0.2) is 11.2 Å². The molecule has 0 aliphatic heterocycles. The van der Waals surface area contributed by atoms with Crippen molar-refractivity contribution in [3.05, 3.63) is 33.6 Å². The van der Waals surface area contributed by atoms with Crippen LogP contribution in [0.1, 0.15) is 12.5 Å². The summed E-state index contributed by atoms with van der Waals surface area (Å²) in [6.45, 7) is 1.63. The maximum atomic E-state index is 12.8. The number of hydrogen-bond acceptors (Lipinski definition) is 1. The van der Waals surface area contributed by atoms with E-state index in [4.69, 9.17) is 28.3 Å². The zero-order chi connectivity index (χ0) is 10.0. The van der Waals surface area contributed by atoms with Crippen molar-refractivity contribution < 1.29 is 9.50 Å². The van der Waals surface area contributed by atoms with Gasteiger partial charge in [-0.15, -0.1) is 0 Å². The quantitative estimate of drug-likeness (QED) is 0.764. The van der Waals surface area contributed by atoms with Crippen molar-refractivity contribution in [2.24, 2.45) is 0 Å². The molecule has 0 aromatic heterocycles. The molecule has 1 aromatic carbocycles. The summed E-state index contributed by atoms with van der Waals surface area (Å²) in [5, 5.41) is 9.42. The van der Waals surface area contributed by atoms with Crippen molar-refractivity contribution in [2.45, 2.75) is 19.4 Å². The Kier molecular flexibility index (Phi) is 3.54. The Morgan fingerprint density at radius 3 is 2.54 bits per heavy atom. The van der Waals surface area contributed by atoms with E-state index >= 15 is 0 Å². The number of halogens is 3. The molecule has 0 fully saturated rings. The molecular weight excluding hydrogens is 214 g/mol. The van der Waals surface area contributed by atoms with Crippen LogP contribution < -0.4 is 0 Å². The predicted octanol–water partition coefficient (Wildman–Crippen LogP) is 3.06. The van der Waals surface area contributed by atoms with Gasteiger partial charge in [0.05, 0.1) is 11.1 Å². The maximum absolute atomic E-state index is 12.8. The zero-order valence-corrected chi connectivity index (χ0v) is 8.53. The van der Waals surface area contributed by atoms with Gasteiger partial charge in [0.25, 0.3) is 0 Å². The lowest BCUT2D eigenvalue weighted by molar-refractivity contribution is 0.195. The topological polar surface area (TPSA) is 20.2 Å². The van der Waals surface area contributed by atoms with Gasteiger partial charge in [-0.3, -0.25) is 0 Å². The summed E-state index contributed by atoms with van der Waals surface area (Å²) < 4.78 is 12.8. The third kappa shape index (κ3) is 2.83. The number of hydrogen-bond donors (Lipinski definition) is 1. The molecule has 13 heavy (non-hydrogen) atoms. The van der Waals surface area contributed by atoms with Crippen LogP contribution >= 0.6 is 23.2 Å². The van der Waals surface area contributed by atoms with Gasteiger partial charge in [0, 0.05) is 5.02 Å². The molecule has 0 aliphatic carbocycles. The molecule has 1 nitrogen and oxygen atoms in total. The lowest BCUT2D eigenvalue weighted by atomic mass is 10.1. The lowest BCUT2D eigenvalue weighted by Crippen LogP contribution is -2.04. The summed E-state index contributed by atoms with van der Waals surface area (Å²) in [5.74, 6) is -0.541. The molecule has 72 valence electrons. The second-order valence-corrected chi connectivity index (χ2v) is 3.73. The van der Waals surface area contributed by atoms with Crippen molar-refractivity contribution in [3.63, 3.8) is 0 Å². The van der Waals surface area contributed by atoms with Gasteiger partial charge in [0.1, 0.15) is 5.82 Å². The fourth-order valence-electron chi connectivity index (χ4n) is 1.04. The third-order valence-electron chi connectivity index (χ3n) is 1.60. The summed E-state index contributed by atoms with van der Waals surface area (Å²) in [6, 6.07) is 2.59. The molecule has 0 saturated heterocycles. The molecule has 1 aromatic rings. The van der Waals surface area contributed by atoms with E-state index < -0.39 is 11.9 Å². The van der Waals surface area contributed by atoms with Gasteiger partial charge in [0.2, 0.25) is 0 Å². The molecule has 0 amide bonds. The molecule has 0 spiro atoms. The second-order valence-electron chi connectivity index (χ2n) is 2.91. The highest BCUT2D eigenvalue weighted by Gasteiger charge is 2.08. The highest BCUT2D eigenvalue weighted by atomic mass is 35.5. The molecular formula is C9H9Cl2FO. The Hall–Kier alpha value is -0.310. The summed E-state index contributed by atoms with van der Waals surface area (Å²) in [6.07, 6.45) is -0.141. The molecule has 1 N–H and O–H groups in total. The van der Waals surface area contributed by atoms with E-state index in [9.17, 15) is 4.39 Å². The second kappa shape index (κ2) is 4.27. The zero-order valence-electron chi connectivity index (χ0n) is 7.02. The van der Waals surface area contributed by atoms with Gasteiger partial charge in [-0.05, 0) is 31.0 Å². The summed E-state index contributed by atoms with van der Waals surface area (Å²) >= 11 is 11.3. The highest BCUT2D eigenvalue weighted by molar-refractivity contribution is 6.33. The smallest absolute Gasteiger partial charge is 0.143 e. The van der Waals surface area contributed by atoms with Crippen molar-refractivity contribution in [3.8, 4) is 0 Å². The van der Waals surface area contributed by atoms with E-state index in [1.165, 1.54) is 6.07 Å². The van der Waals surface area contributed by atoms with Crippen molar-refractivity contribution in [1.82, 2.24) is 0 Å². The van der Waals surface area contributed by atoms with Crippen molar-refractivity contribution in [2.75, 3.05) is 0 Å². The molecule has 0 radical (unpaired) electrons. The lowest BCUT2D eigenvalue weighted by Gasteiger charge is -2.07. The molecule has 0 heterocycles. The van der Waals surface area contributed by atoms with Crippen LogP contribution in [0.25, 0.3) is 0 Å². The van der Waals surface area contributed by atoms with Crippen LogP contribution in [0, 0.1) is 5.82 Å². The van der Waals surface area contributed by atoms with Crippen LogP contribution in [0.4, 0.5) is 4.39 Å². The van der Waals surface area contributed by atoms with Crippen LogP contribution in [-0.2, 0) is 6.42 Å². The van der Waals surface area contributed by atoms with E-state index in [-0.39, 0.29) is 5.02 Å². The summed E-state index contributed by atoms with van der Waals surface area (Å²) in [5.41, 5.74) is 0.656. The average molecular weight is 223 g/mol. The summed E-state index contributed by atoms with van der Waals surface area (Å²) in [7, 11) is 0. The number of aliphatic hydroxyl groups is 1. The average Bonchev–Trinajstić information content (AvgIpc) is 1.99. The van der Waals surface area contributed by atoms with Crippen molar-refractivity contribution >= 4 is 23.2 Å². The van der Waals surface area contributed by atoms with E-state index in [2.05, 4.69) is 0 Å². The Bertz CT molecular complexity index is 313. The van der Waals surface area contributed by atoms with Gasteiger partial charge in [-0.1, -0.05) is 23.2 Å². The Morgan fingerprint density at radius 1 is 1.38 bits per heavy atom. The molecule has 0 saturated carbocycles. The van der Waals surface area contributed by atoms with Gasteiger partial charge in [-0.2, -0.15) is 0 Å². The first-order chi connectivity index (χ1) is 6.00. The molecule has 1 atom stereocenters. The largest absolute Gasteiger partial charge is 0.393 e. The van der Waals surface area contributed by atoms with Gasteiger partial charge in [-0.25, -0.2) is 4.39 Å². The Morgan fingerprint density at radius 2 is 2.00 bits per heavy atom. The molecule has 4 heteroatoms. The van der Waals surface area contributed by atoms with E-state index in [0.717, 1.165) is 6.07 Å². The third-order valence-corrected chi connectivity index (χ3v) is 2.25. The van der Waals surface area contributed by atoms with Crippen LogP contribution in [0.2, 0.25) is 10.0 Å². The molecule has 0 aliphatic rings. The normalized spacial score (nSPS) is 13.0. The minimum atomic E-state index is -0.541. The standard InChI is InChI=1S/C9H9Cl2FO/c1-5(13)2-6-3-8(11)9(12)4-7(6)10/h3-5,13H,2H2,1H3. The first-order valence-electron chi connectivity index (χ1n) is 3.82. The molecule has 0 bridgehead atoms. The fraction of sp³-hybridized carbons (Fsp3) is 0.333. The van der Waals surface area contributed by atoms with E-state index in [1.807, 2.05) is 0 Å². The van der Waals surface area contributed by atoms with Gasteiger partial charge in [0.15, 0.2) is 0 Å². The minimum Gasteiger partial charge on any atom is -0.393 e. The highest BCUT2D eigenvalue weighted by Crippen LogP contribution is 2.24. The summed E-state index contributed by atoms with van der Waals surface area (Å²) in [4.78, 5) is 0. The molecule has 1 rings (SSSR count). The first-order valence-corrected chi connectivity index (χ1v) is 4.57. The van der Waals surface area contributed by atoms with E-state index in [1.54, 1.807) is 6.92 Å². The van der Waals surface area contributed by atoms with Crippen molar-refractivity contribution in [1.29, 1.82) is 0 Å². The maximum Gasteiger partial charge on any atom is 0.143 e. The Balaban J connectivity index is 3.01. The predicted molar refractivity (Wildman–Crippen MR) is 51.8 cm³/mol. The van der Waals surface area contributed by atoms with Gasteiger partial charge >= 0.3 is 0 Å². The number of rotatable bonds is 2. The van der Waals surface area contributed by atoms with Crippen LogP contribution in [0.5, 0.6) is 0 Å². The van der Waals surface area contributed by atoms with Gasteiger partial charge < -0.3 is 5.11 Å². The van der Waals surface area contributed by atoms with Crippen LogP contribution in [0.3, 0.4) is 0 Å². The van der Waals surface area contributed by atoms with Crippen LogP contribution in [0.15, 0.2) is 12.1 Å². The monoisotopic (exact) mass is 222 g/mol. The Labute approximate surface area is 86.1 Å². The fourth-order valence-corrected chi connectivity index (χ4v) is 1.45. The number of benzene rings is 1. The SMILES string of the molecule is CC(O)Cc1cc(Cl)c(F)cc1Cl. The minimum absolute atomic E-state index is 0.0278. The van der Waals surface area contributed by atoms with E-state index in [0.29, 0.717) is 17.0 Å². The molecule has 1 unspecified atom stereocenters.